The van der Waals surface area contributed by atoms with E-state index in [0.29, 0.717) is 13.2 Å². The van der Waals surface area contributed by atoms with Crippen molar-refractivity contribution in [2.45, 2.75) is 13.1 Å². The Morgan fingerprint density at radius 3 is 2.60 bits per heavy atom. The molecule has 20 heavy (non-hydrogen) atoms. The van der Waals surface area contributed by atoms with Gasteiger partial charge in [0.05, 0.1) is 0 Å². The molecule has 0 fully saturated rings. The number of para-hydroxylation sites is 1. The highest BCUT2D eigenvalue weighted by Crippen LogP contribution is 2.33. The van der Waals surface area contributed by atoms with E-state index >= 15 is 0 Å². The Balaban J connectivity index is 1.62. The second-order valence-electron chi connectivity index (χ2n) is 4.67. The van der Waals surface area contributed by atoms with E-state index in [9.17, 15) is 0 Å². The quantitative estimate of drug-likeness (QED) is 0.928. The lowest BCUT2D eigenvalue weighted by Gasteiger charge is -2.21. The van der Waals surface area contributed by atoms with Crippen molar-refractivity contribution in [3.8, 4) is 11.5 Å². The summed E-state index contributed by atoms with van der Waals surface area (Å²) in [6, 6.07) is 14.4. The molecular formula is C16H16BrNO2. The first kappa shape index (κ1) is 13.5. The highest BCUT2D eigenvalue weighted by Gasteiger charge is 2.14. The Kier molecular flexibility index (Phi) is 4.23. The minimum atomic E-state index is 0.622. The van der Waals surface area contributed by atoms with Gasteiger partial charge in [-0.3, -0.25) is 0 Å². The van der Waals surface area contributed by atoms with Crippen molar-refractivity contribution in [1.29, 1.82) is 0 Å². The monoisotopic (exact) mass is 333 g/mol. The predicted molar refractivity (Wildman–Crippen MR) is 82.1 cm³/mol. The van der Waals surface area contributed by atoms with Crippen LogP contribution in [0.4, 0.5) is 0 Å². The van der Waals surface area contributed by atoms with Crippen molar-refractivity contribution in [1.82, 2.24) is 5.32 Å². The number of ether oxygens (including phenoxy) is 2. The molecule has 0 amide bonds. The highest BCUT2D eigenvalue weighted by atomic mass is 79.9. The molecule has 104 valence electrons. The van der Waals surface area contributed by atoms with Crippen molar-refractivity contribution in [3.63, 3.8) is 0 Å². The zero-order valence-corrected chi connectivity index (χ0v) is 12.7. The van der Waals surface area contributed by atoms with E-state index in [-0.39, 0.29) is 0 Å². The van der Waals surface area contributed by atoms with Crippen LogP contribution in [0, 0.1) is 0 Å². The van der Waals surface area contributed by atoms with Crippen LogP contribution >= 0.6 is 15.9 Å². The maximum atomic E-state index is 5.70. The third kappa shape index (κ3) is 3.14. The molecule has 0 aliphatic carbocycles. The Bertz CT molecular complexity index is 584. The van der Waals surface area contributed by atoms with E-state index in [4.69, 9.17) is 9.47 Å². The fourth-order valence-electron chi connectivity index (χ4n) is 2.22. The van der Waals surface area contributed by atoms with E-state index in [1.807, 2.05) is 12.1 Å². The summed E-state index contributed by atoms with van der Waals surface area (Å²) in [6.07, 6.45) is 0. The number of rotatable bonds is 4. The van der Waals surface area contributed by atoms with E-state index in [0.717, 1.165) is 34.6 Å². The number of halogens is 1. The third-order valence-electron chi connectivity index (χ3n) is 3.21. The standard InChI is InChI=1S/C16H16BrNO2/c17-14-6-4-12(5-7-14)10-18-11-13-2-1-3-15-16(13)20-9-8-19-15/h1-7,18H,8-11H2. The summed E-state index contributed by atoms with van der Waals surface area (Å²) >= 11 is 3.44. The van der Waals surface area contributed by atoms with Crippen LogP contribution in [0.15, 0.2) is 46.9 Å². The van der Waals surface area contributed by atoms with Crippen LogP contribution < -0.4 is 14.8 Å². The first-order valence-corrected chi connectivity index (χ1v) is 7.45. The van der Waals surface area contributed by atoms with Crippen molar-refractivity contribution in [2.24, 2.45) is 0 Å². The van der Waals surface area contributed by atoms with E-state index in [2.05, 4.69) is 51.6 Å². The van der Waals surface area contributed by atoms with E-state index < -0.39 is 0 Å². The van der Waals surface area contributed by atoms with Crippen LogP contribution in [-0.2, 0) is 13.1 Å². The third-order valence-corrected chi connectivity index (χ3v) is 3.73. The molecule has 1 aliphatic rings. The van der Waals surface area contributed by atoms with Gasteiger partial charge < -0.3 is 14.8 Å². The minimum absolute atomic E-state index is 0.622. The van der Waals surface area contributed by atoms with Gasteiger partial charge in [-0.25, -0.2) is 0 Å². The van der Waals surface area contributed by atoms with Crippen molar-refractivity contribution in [2.75, 3.05) is 13.2 Å². The van der Waals surface area contributed by atoms with Crippen molar-refractivity contribution >= 4 is 15.9 Å². The largest absolute Gasteiger partial charge is 0.486 e. The van der Waals surface area contributed by atoms with Gasteiger partial charge in [-0.1, -0.05) is 40.2 Å². The molecular weight excluding hydrogens is 318 g/mol. The Morgan fingerprint density at radius 2 is 1.75 bits per heavy atom. The lowest BCUT2D eigenvalue weighted by Crippen LogP contribution is -2.19. The van der Waals surface area contributed by atoms with Gasteiger partial charge >= 0.3 is 0 Å². The second-order valence-corrected chi connectivity index (χ2v) is 5.59. The summed E-state index contributed by atoms with van der Waals surface area (Å²) in [6.45, 7) is 2.85. The molecule has 2 aromatic carbocycles. The Labute approximate surface area is 127 Å². The van der Waals surface area contributed by atoms with Gasteiger partial charge in [0.1, 0.15) is 13.2 Å². The predicted octanol–water partition coefficient (Wildman–Crippen LogP) is 3.51. The van der Waals surface area contributed by atoms with Gasteiger partial charge in [0.25, 0.3) is 0 Å². The summed E-state index contributed by atoms with van der Waals surface area (Å²) in [4.78, 5) is 0. The first-order valence-electron chi connectivity index (χ1n) is 6.65. The van der Waals surface area contributed by atoms with Crippen molar-refractivity contribution < 1.29 is 9.47 Å². The van der Waals surface area contributed by atoms with Crippen LogP contribution in [0.5, 0.6) is 11.5 Å². The average Bonchev–Trinajstić information content (AvgIpc) is 2.49. The molecule has 0 unspecified atom stereocenters. The molecule has 0 bridgehead atoms. The van der Waals surface area contributed by atoms with Crippen LogP contribution in [0.3, 0.4) is 0 Å². The number of fused-ring (bicyclic) bond motifs is 1. The molecule has 1 N–H and O–H groups in total. The highest BCUT2D eigenvalue weighted by molar-refractivity contribution is 9.10. The van der Waals surface area contributed by atoms with Crippen LogP contribution in [0.1, 0.15) is 11.1 Å². The topological polar surface area (TPSA) is 30.5 Å². The van der Waals surface area contributed by atoms with Gasteiger partial charge in [-0.15, -0.1) is 0 Å². The fourth-order valence-corrected chi connectivity index (χ4v) is 2.48. The van der Waals surface area contributed by atoms with Crippen LogP contribution in [-0.4, -0.2) is 13.2 Å². The van der Waals surface area contributed by atoms with E-state index in [1.165, 1.54) is 5.56 Å². The molecule has 1 aliphatic heterocycles. The molecule has 4 heteroatoms. The number of benzene rings is 2. The Hall–Kier alpha value is -1.52. The summed E-state index contributed by atoms with van der Waals surface area (Å²) < 4.78 is 12.4. The number of hydrogen-bond acceptors (Lipinski definition) is 3. The molecule has 0 aromatic heterocycles. The number of nitrogens with one attached hydrogen (secondary N) is 1. The zero-order chi connectivity index (χ0) is 13.8. The Morgan fingerprint density at radius 1 is 0.950 bits per heavy atom. The zero-order valence-electron chi connectivity index (χ0n) is 11.1. The summed E-state index contributed by atoms with van der Waals surface area (Å²) in [5.74, 6) is 1.72. The molecule has 3 nitrogen and oxygen atoms in total. The molecule has 0 saturated carbocycles. The molecule has 2 aromatic rings. The maximum absolute atomic E-state index is 5.70. The molecule has 0 spiro atoms. The summed E-state index contributed by atoms with van der Waals surface area (Å²) in [5.41, 5.74) is 2.40. The molecule has 0 radical (unpaired) electrons. The minimum Gasteiger partial charge on any atom is -0.486 e. The lowest BCUT2D eigenvalue weighted by molar-refractivity contribution is 0.169. The smallest absolute Gasteiger partial charge is 0.165 e. The molecule has 0 saturated heterocycles. The van der Waals surface area contributed by atoms with Gasteiger partial charge in [-0.2, -0.15) is 0 Å². The van der Waals surface area contributed by atoms with Crippen LogP contribution in [0.2, 0.25) is 0 Å². The lowest BCUT2D eigenvalue weighted by atomic mass is 10.1. The molecule has 0 atom stereocenters. The summed E-state index contributed by atoms with van der Waals surface area (Å²) in [7, 11) is 0. The molecule has 1 heterocycles. The van der Waals surface area contributed by atoms with Gasteiger partial charge in [0, 0.05) is 23.1 Å². The SMILES string of the molecule is Brc1ccc(CNCc2cccc3c2OCCO3)cc1. The average molecular weight is 334 g/mol. The van der Waals surface area contributed by atoms with Crippen LogP contribution in [0.25, 0.3) is 0 Å². The maximum Gasteiger partial charge on any atom is 0.165 e. The van der Waals surface area contributed by atoms with Gasteiger partial charge in [-0.05, 0) is 23.8 Å². The second kappa shape index (κ2) is 6.29. The number of hydrogen-bond donors (Lipinski definition) is 1. The first-order chi connectivity index (χ1) is 9.83. The normalized spacial score (nSPS) is 13.2. The molecule has 3 rings (SSSR count). The van der Waals surface area contributed by atoms with E-state index in [1.54, 1.807) is 0 Å². The van der Waals surface area contributed by atoms with Gasteiger partial charge in [0.15, 0.2) is 11.5 Å². The van der Waals surface area contributed by atoms with Gasteiger partial charge in [0.2, 0.25) is 0 Å². The van der Waals surface area contributed by atoms with Crippen molar-refractivity contribution in [3.05, 3.63) is 58.1 Å². The summed E-state index contributed by atoms with van der Waals surface area (Å²) in [5, 5.41) is 3.44. The fraction of sp³-hybridized carbons (Fsp3) is 0.250.